The van der Waals surface area contributed by atoms with Crippen LogP contribution in [0.3, 0.4) is 0 Å². The van der Waals surface area contributed by atoms with Crippen LogP contribution in [0.4, 0.5) is 5.69 Å². The summed E-state index contributed by atoms with van der Waals surface area (Å²) in [6.45, 7) is 7.53. The maximum atomic E-state index is 12.5. The summed E-state index contributed by atoms with van der Waals surface area (Å²) in [5.74, 6) is 0.634. The standard InChI is InChI=1S/C22H29N3O4/c1-5-25(6-2)14-13-23-21(26)16-7-10-18(11-8-16)24-22(27)17-9-12-19(28-3)20(15-17)29-4/h7-12,15H,5-6,13-14H2,1-4H3,(H,23,26)(H,24,27). The first-order chi connectivity index (χ1) is 14.0. The Labute approximate surface area is 172 Å². The zero-order valence-corrected chi connectivity index (χ0v) is 17.5. The van der Waals surface area contributed by atoms with Crippen molar-refractivity contribution in [3.05, 3.63) is 53.6 Å². The lowest BCUT2D eigenvalue weighted by Gasteiger charge is -2.18. The van der Waals surface area contributed by atoms with Gasteiger partial charge >= 0.3 is 0 Å². The molecule has 2 N–H and O–H groups in total. The third-order valence-corrected chi connectivity index (χ3v) is 4.66. The molecule has 7 nitrogen and oxygen atoms in total. The van der Waals surface area contributed by atoms with Gasteiger partial charge in [0, 0.05) is 29.9 Å². The number of likely N-dealkylation sites (N-methyl/N-ethyl adjacent to an activating group) is 1. The largest absolute Gasteiger partial charge is 0.493 e. The van der Waals surface area contributed by atoms with E-state index < -0.39 is 0 Å². The molecule has 0 aromatic heterocycles. The SMILES string of the molecule is CCN(CC)CCNC(=O)c1ccc(NC(=O)c2ccc(OC)c(OC)c2)cc1. The fourth-order valence-electron chi connectivity index (χ4n) is 2.86. The van der Waals surface area contributed by atoms with Crippen LogP contribution in [0.15, 0.2) is 42.5 Å². The first-order valence-corrected chi connectivity index (χ1v) is 9.66. The number of carbonyl (C=O) groups excluding carboxylic acids is 2. The van der Waals surface area contributed by atoms with Gasteiger partial charge in [-0.15, -0.1) is 0 Å². The van der Waals surface area contributed by atoms with Gasteiger partial charge in [-0.05, 0) is 55.6 Å². The molecule has 0 saturated carbocycles. The molecular formula is C22H29N3O4. The highest BCUT2D eigenvalue weighted by Crippen LogP contribution is 2.27. The molecule has 0 aliphatic carbocycles. The van der Waals surface area contributed by atoms with Gasteiger partial charge in [-0.25, -0.2) is 0 Å². The van der Waals surface area contributed by atoms with Gasteiger partial charge in [0.05, 0.1) is 14.2 Å². The van der Waals surface area contributed by atoms with E-state index in [9.17, 15) is 9.59 Å². The highest BCUT2D eigenvalue weighted by Gasteiger charge is 2.12. The number of hydrogen-bond donors (Lipinski definition) is 2. The Morgan fingerprint density at radius 1 is 0.862 bits per heavy atom. The van der Waals surface area contributed by atoms with Crippen molar-refractivity contribution in [3.8, 4) is 11.5 Å². The number of ether oxygens (including phenoxy) is 2. The lowest BCUT2D eigenvalue weighted by atomic mass is 10.1. The number of carbonyl (C=O) groups is 2. The van der Waals surface area contributed by atoms with Crippen molar-refractivity contribution < 1.29 is 19.1 Å². The van der Waals surface area contributed by atoms with E-state index in [1.165, 1.54) is 7.11 Å². The summed E-state index contributed by atoms with van der Waals surface area (Å²) in [5.41, 5.74) is 1.60. The van der Waals surface area contributed by atoms with Crippen LogP contribution in [0, 0.1) is 0 Å². The zero-order chi connectivity index (χ0) is 21.2. The van der Waals surface area contributed by atoms with E-state index in [1.807, 2.05) is 0 Å². The molecule has 2 aromatic carbocycles. The highest BCUT2D eigenvalue weighted by molar-refractivity contribution is 6.05. The van der Waals surface area contributed by atoms with E-state index in [-0.39, 0.29) is 11.8 Å². The molecule has 0 unspecified atom stereocenters. The predicted molar refractivity (Wildman–Crippen MR) is 114 cm³/mol. The van der Waals surface area contributed by atoms with Gasteiger partial charge in [0.1, 0.15) is 0 Å². The molecule has 0 radical (unpaired) electrons. The van der Waals surface area contributed by atoms with Crippen LogP contribution in [0.25, 0.3) is 0 Å². The molecule has 0 aliphatic heterocycles. The molecule has 0 aliphatic rings. The molecule has 0 heterocycles. The van der Waals surface area contributed by atoms with E-state index in [0.717, 1.165) is 19.6 Å². The quantitative estimate of drug-likeness (QED) is 0.642. The van der Waals surface area contributed by atoms with E-state index in [0.29, 0.717) is 34.9 Å². The van der Waals surface area contributed by atoms with Gasteiger partial charge in [-0.2, -0.15) is 0 Å². The fraction of sp³-hybridized carbons (Fsp3) is 0.364. The summed E-state index contributed by atoms with van der Waals surface area (Å²) in [6, 6.07) is 11.8. The Bertz CT molecular complexity index is 817. The number of nitrogens with zero attached hydrogens (tertiary/aromatic N) is 1. The number of nitrogens with one attached hydrogen (secondary N) is 2. The minimum Gasteiger partial charge on any atom is -0.493 e. The molecular weight excluding hydrogens is 370 g/mol. The number of rotatable bonds is 10. The minimum atomic E-state index is -0.276. The number of methoxy groups -OCH3 is 2. The highest BCUT2D eigenvalue weighted by atomic mass is 16.5. The second-order valence-electron chi connectivity index (χ2n) is 6.38. The Morgan fingerprint density at radius 2 is 1.48 bits per heavy atom. The van der Waals surface area contributed by atoms with Crippen molar-refractivity contribution in [2.75, 3.05) is 45.7 Å². The van der Waals surface area contributed by atoms with Crippen molar-refractivity contribution >= 4 is 17.5 Å². The summed E-state index contributed by atoms with van der Waals surface area (Å²) >= 11 is 0. The first-order valence-electron chi connectivity index (χ1n) is 9.66. The fourth-order valence-corrected chi connectivity index (χ4v) is 2.86. The topological polar surface area (TPSA) is 79.9 Å². The molecule has 156 valence electrons. The van der Waals surface area contributed by atoms with Crippen LogP contribution in [0.1, 0.15) is 34.6 Å². The number of benzene rings is 2. The molecule has 2 amide bonds. The van der Waals surface area contributed by atoms with Crippen LogP contribution in [0.5, 0.6) is 11.5 Å². The predicted octanol–water partition coefficient (Wildman–Crippen LogP) is 3.03. The van der Waals surface area contributed by atoms with Gasteiger partial charge in [0.2, 0.25) is 0 Å². The maximum absolute atomic E-state index is 12.5. The average molecular weight is 399 g/mol. The van der Waals surface area contributed by atoms with Crippen molar-refractivity contribution in [1.29, 1.82) is 0 Å². The summed E-state index contributed by atoms with van der Waals surface area (Å²) in [4.78, 5) is 27.0. The summed E-state index contributed by atoms with van der Waals surface area (Å²) < 4.78 is 10.4. The Morgan fingerprint density at radius 3 is 2.07 bits per heavy atom. The molecule has 0 fully saturated rings. The zero-order valence-electron chi connectivity index (χ0n) is 17.5. The van der Waals surface area contributed by atoms with E-state index in [4.69, 9.17) is 9.47 Å². The normalized spacial score (nSPS) is 10.5. The second kappa shape index (κ2) is 11.1. The van der Waals surface area contributed by atoms with E-state index >= 15 is 0 Å². The maximum Gasteiger partial charge on any atom is 0.255 e. The van der Waals surface area contributed by atoms with E-state index in [2.05, 4.69) is 29.4 Å². The number of hydrogen-bond acceptors (Lipinski definition) is 5. The van der Waals surface area contributed by atoms with Crippen LogP contribution in [0.2, 0.25) is 0 Å². The van der Waals surface area contributed by atoms with Crippen LogP contribution in [-0.2, 0) is 0 Å². The summed E-state index contributed by atoms with van der Waals surface area (Å²) in [7, 11) is 3.06. The smallest absolute Gasteiger partial charge is 0.255 e. The molecule has 0 saturated heterocycles. The van der Waals surface area contributed by atoms with Crippen molar-refractivity contribution in [2.24, 2.45) is 0 Å². The minimum absolute atomic E-state index is 0.130. The van der Waals surface area contributed by atoms with Crippen molar-refractivity contribution in [2.45, 2.75) is 13.8 Å². The molecule has 0 bridgehead atoms. The molecule has 29 heavy (non-hydrogen) atoms. The van der Waals surface area contributed by atoms with Crippen LogP contribution in [-0.4, -0.2) is 57.1 Å². The van der Waals surface area contributed by atoms with Crippen molar-refractivity contribution in [1.82, 2.24) is 10.2 Å². The van der Waals surface area contributed by atoms with Gasteiger partial charge in [0.15, 0.2) is 11.5 Å². The second-order valence-corrected chi connectivity index (χ2v) is 6.38. The number of amides is 2. The third kappa shape index (κ3) is 6.22. The summed E-state index contributed by atoms with van der Waals surface area (Å²) in [5, 5.41) is 5.73. The lowest BCUT2D eigenvalue weighted by molar-refractivity contribution is 0.0948. The summed E-state index contributed by atoms with van der Waals surface area (Å²) in [6.07, 6.45) is 0. The molecule has 0 spiro atoms. The first kappa shape index (κ1) is 22.2. The van der Waals surface area contributed by atoms with Gasteiger partial charge in [-0.3, -0.25) is 9.59 Å². The van der Waals surface area contributed by atoms with Gasteiger partial charge < -0.3 is 25.0 Å². The van der Waals surface area contributed by atoms with Gasteiger partial charge in [0.25, 0.3) is 11.8 Å². The Hall–Kier alpha value is -3.06. The average Bonchev–Trinajstić information content (AvgIpc) is 2.76. The molecule has 2 aromatic rings. The van der Waals surface area contributed by atoms with Crippen LogP contribution < -0.4 is 20.1 Å². The molecule has 7 heteroatoms. The Balaban J connectivity index is 1.94. The third-order valence-electron chi connectivity index (χ3n) is 4.66. The molecule has 0 atom stereocenters. The van der Waals surface area contributed by atoms with Crippen LogP contribution >= 0.6 is 0 Å². The molecule has 2 rings (SSSR count). The van der Waals surface area contributed by atoms with E-state index in [1.54, 1.807) is 49.6 Å². The van der Waals surface area contributed by atoms with Gasteiger partial charge in [-0.1, -0.05) is 13.8 Å². The Kier molecular flexibility index (Phi) is 8.48. The lowest BCUT2D eigenvalue weighted by Crippen LogP contribution is -2.34. The monoisotopic (exact) mass is 399 g/mol. The van der Waals surface area contributed by atoms with Crippen molar-refractivity contribution in [3.63, 3.8) is 0 Å². The number of anilines is 1.